The van der Waals surface area contributed by atoms with Gasteiger partial charge in [-0.1, -0.05) is 13.8 Å². The second kappa shape index (κ2) is 6.36. The van der Waals surface area contributed by atoms with Gasteiger partial charge in [-0.3, -0.25) is 4.90 Å². The summed E-state index contributed by atoms with van der Waals surface area (Å²) >= 11 is 0. The van der Waals surface area contributed by atoms with Crippen LogP contribution < -0.4 is 5.32 Å². The number of rotatable bonds is 4. The van der Waals surface area contributed by atoms with E-state index in [1.165, 1.54) is 0 Å². The van der Waals surface area contributed by atoms with E-state index in [2.05, 4.69) is 58.7 Å². The summed E-state index contributed by atoms with van der Waals surface area (Å²) in [5.74, 6) is 0.660. The van der Waals surface area contributed by atoms with Crippen LogP contribution in [0, 0.1) is 5.92 Å². The Morgan fingerprint density at radius 3 is 2.39 bits per heavy atom. The molecule has 1 fully saturated rings. The van der Waals surface area contributed by atoms with Crippen molar-refractivity contribution in [1.82, 2.24) is 10.2 Å². The fourth-order valence-corrected chi connectivity index (χ4v) is 2.54. The van der Waals surface area contributed by atoms with Crippen LogP contribution in [-0.2, 0) is 4.74 Å². The van der Waals surface area contributed by atoms with Gasteiger partial charge >= 0.3 is 0 Å². The zero-order valence-corrected chi connectivity index (χ0v) is 13.3. The van der Waals surface area contributed by atoms with Crippen LogP contribution in [0.1, 0.15) is 48.5 Å². The van der Waals surface area contributed by atoms with Crippen LogP contribution in [0.15, 0.2) is 0 Å². The third-order valence-corrected chi connectivity index (χ3v) is 3.69. The normalized spacial score (nSPS) is 28.7. The minimum absolute atomic E-state index is 0.189. The van der Waals surface area contributed by atoms with E-state index in [1.54, 1.807) is 0 Å². The molecule has 0 aromatic heterocycles. The van der Waals surface area contributed by atoms with Gasteiger partial charge in [-0.05, 0) is 40.5 Å². The van der Waals surface area contributed by atoms with Gasteiger partial charge in [-0.25, -0.2) is 0 Å². The smallest absolute Gasteiger partial charge is 0.0674 e. The van der Waals surface area contributed by atoms with Crippen LogP contribution in [0.25, 0.3) is 0 Å². The van der Waals surface area contributed by atoms with E-state index in [4.69, 9.17) is 4.74 Å². The van der Waals surface area contributed by atoms with Crippen molar-refractivity contribution in [3.05, 3.63) is 0 Å². The SMILES string of the molecule is CC1CN(C(CNC(C)(C)C)C(C)C)C(C)CO1. The lowest BCUT2D eigenvalue weighted by atomic mass is 9.98. The van der Waals surface area contributed by atoms with Crippen LogP contribution in [-0.4, -0.2) is 48.3 Å². The monoisotopic (exact) mass is 256 g/mol. The molecule has 3 heteroatoms. The van der Waals surface area contributed by atoms with Gasteiger partial charge < -0.3 is 10.1 Å². The second-order valence-corrected chi connectivity index (χ2v) is 7.13. The first kappa shape index (κ1) is 15.9. The first-order valence-electron chi connectivity index (χ1n) is 7.33. The van der Waals surface area contributed by atoms with Gasteiger partial charge in [0.2, 0.25) is 0 Å². The van der Waals surface area contributed by atoms with Gasteiger partial charge in [0.25, 0.3) is 0 Å². The van der Waals surface area contributed by atoms with E-state index in [0.717, 1.165) is 19.7 Å². The van der Waals surface area contributed by atoms with Gasteiger partial charge in [0, 0.05) is 30.7 Å². The topological polar surface area (TPSA) is 24.5 Å². The van der Waals surface area contributed by atoms with E-state index < -0.39 is 0 Å². The van der Waals surface area contributed by atoms with Gasteiger partial charge in [-0.15, -0.1) is 0 Å². The summed E-state index contributed by atoms with van der Waals surface area (Å²) in [6.07, 6.45) is 0.358. The number of hydrogen-bond donors (Lipinski definition) is 1. The Labute approximate surface area is 113 Å². The van der Waals surface area contributed by atoms with E-state index in [-0.39, 0.29) is 5.54 Å². The molecule has 0 aromatic rings. The van der Waals surface area contributed by atoms with Crippen LogP contribution in [0.4, 0.5) is 0 Å². The fraction of sp³-hybridized carbons (Fsp3) is 1.00. The molecule has 1 aliphatic rings. The maximum atomic E-state index is 5.73. The lowest BCUT2D eigenvalue weighted by molar-refractivity contribution is -0.0731. The van der Waals surface area contributed by atoms with Crippen LogP contribution in [0.3, 0.4) is 0 Å². The van der Waals surface area contributed by atoms with Crippen LogP contribution >= 0.6 is 0 Å². The molecule has 3 unspecified atom stereocenters. The van der Waals surface area contributed by atoms with E-state index in [9.17, 15) is 0 Å². The maximum absolute atomic E-state index is 5.73. The summed E-state index contributed by atoms with van der Waals surface area (Å²) in [7, 11) is 0. The Bertz CT molecular complexity index is 247. The molecule has 0 aliphatic carbocycles. The van der Waals surface area contributed by atoms with E-state index in [0.29, 0.717) is 24.1 Å². The molecular weight excluding hydrogens is 224 g/mol. The molecule has 0 saturated carbocycles. The van der Waals surface area contributed by atoms with Crippen molar-refractivity contribution in [2.45, 2.75) is 72.2 Å². The molecule has 1 saturated heterocycles. The highest BCUT2D eigenvalue weighted by Crippen LogP contribution is 2.20. The van der Waals surface area contributed by atoms with Gasteiger partial charge in [0.1, 0.15) is 0 Å². The van der Waals surface area contributed by atoms with Crippen molar-refractivity contribution in [1.29, 1.82) is 0 Å². The third kappa shape index (κ3) is 4.87. The Hall–Kier alpha value is -0.120. The number of nitrogens with zero attached hydrogens (tertiary/aromatic N) is 1. The van der Waals surface area contributed by atoms with Crippen molar-refractivity contribution in [2.75, 3.05) is 19.7 Å². The molecule has 0 bridgehead atoms. The van der Waals surface area contributed by atoms with Crippen molar-refractivity contribution in [3.63, 3.8) is 0 Å². The summed E-state index contributed by atoms with van der Waals surface area (Å²) in [5.41, 5.74) is 0.189. The lowest BCUT2D eigenvalue weighted by Crippen LogP contribution is -2.57. The summed E-state index contributed by atoms with van der Waals surface area (Å²) in [5, 5.41) is 3.65. The van der Waals surface area contributed by atoms with Gasteiger partial charge in [0.05, 0.1) is 12.7 Å². The van der Waals surface area contributed by atoms with Crippen molar-refractivity contribution in [2.24, 2.45) is 5.92 Å². The highest BCUT2D eigenvalue weighted by atomic mass is 16.5. The quantitative estimate of drug-likeness (QED) is 0.836. The molecule has 1 aliphatic heterocycles. The minimum atomic E-state index is 0.189. The van der Waals surface area contributed by atoms with Gasteiger partial charge in [-0.2, -0.15) is 0 Å². The molecule has 0 amide bonds. The standard InChI is InChI=1S/C15H32N2O/c1-11(2)14(8-16-15(5,6)7)17-9-13(4)18-10-12(17)3/h11-14,16H,8-10H2,1-7H3. The molecule has 108 valence electrons. The fourth-order valence-electron chi connectivity index (χ4n) is 2.54. The molecule has 3 nitrogen and oxygen atoms in total. The van der Waals surface area contributed by atoms with Crippen LogP contribution in [0.2, 0.25) is 0 Å². The number of morpholine rings is 1. The number of ether oxygens (including phenoxy) is 1. The summed E-state index contributed by atoms with van der Waals surface area (Å²) in [6, 6.07) is 1.11. The third-order valence-electron chi connectivity index (χ3n) is 3.69. The Kier molecular flexibility index (Phi) is 5.63. The average Bonchev–Trinajstić information content (AvgIpc) is 2.21. The largest absolute Gasteiger partial charge is 0.376 e. The number of hydrogen-bond acceptors (Lipinski definition) is 3. The molecule has 0 aromatic carbocycles. The highest BCUT2D eigenvalue weighted by molar-refractivity contribution is 4.87. The molecule has 1 N–H and O–H groups in total. The number of nitrogens with one attached hydrogen (secondary N) is 1. The second-order valence-electron chi connectivity index (χ2n) is 7.13. The van der Waals surface area contributed by atoms with Crippen molar-refractivity contribution >= 4 is 0 Å². The van der Waals surface area contributed by atoms with E-state index in [1.807, 2.05) is 0 Å². The zero-order chi connectivity index (χ0) is 13.9. The van der Waals surface area contributed by atoms with Gasteiger partial charge in [0.15, 0.2) is 0 Å². The predicted molar refractivity (Wildman–Crippen MR) is 78.0 cm³/mol. The molecule has 0 radical (unpaired) electrons. The van der Waals surface area contributed by atoms with E-state index >= 15 is 0 Å². The van der Waals surface area contributed by atoms with Crippen molar-refractivity contribution < 1.29 is 4.74 Å². The summed E-state index contributed by atoms with van der Waals surface area (Å²) in [6.45, 7) is 18.8. The Morgan fingerprint density at radius 2 is 1.89 bits per heavy atom. The highest BCUT2D eigenvalue weighted by Gasteiger charge is 2.31. The molecule has 3 atom stereocenters. The Balaban J connectivity index is 2.65. The molecular formula is C15H32N2O. The summed E-state index contributed by atoms with van der Waals surface area (Å²) < 4.78 is 5.73. The first-order valence-corrected chi connectivity index (χ1v) is 7.33. The molecule has 18 heavy (non-hydrogen) atoms. The minimum Gasteiger partial charge on any atom is -0.376 e. The molecule has 0 spiro atoms. The van der Waals surface area contributed by atoms with Crippen LogP contribution in [0.5, 0.6) is 0 Å². The molecule has 1 rings (SSSR count). The lowest BCUT2D eigenvalue weighted by Gasteiger charge is -2.44. The first-order chi connectivity index (χ1) is 8.20. The Morgan fingerprint density at radius 1 is 1.28 bits per heavy atom. The predicted octanol–water partition coefficient (Wildman–Crippen LogP) is 2.51. The zero-order valence-electron chi connectivity index (χ0n) is 13.3. The molecule has 1 heterocycles. The van der Waals surface area contributed by atoms with Crippen molar-refractivity contribution in [3.8, 4) is 0 Å². The maximum Gasteiger partial charge on any atom is 0.0674 e. The average molecular weight is 256 g/mol. The summed E-state index contributed by atoms with van der Waals surface area (Å²) in [4.78, 5) is 2.62.